The maximum Gasteiger partial charge on any atom is 0.310 e. The first kappa shape index (κ1) is 12.0. The molecule has 0 saturated heterocycles. The number of ether oxygens (including phenoxy) is 1. The van der Waals surface area contributed by atoms with Crippen molar-refractivity contribution in [2.75, 3.05) is 0 Å². The van der Waals surface area contributed by atoms with Crippen LogP contribution >= 0.6 is 0 Å². The fraction of sp³-hybridized carbons (Fsp3) is 0.300. The van der Waals surface area contributed by atoms with Crippen LogP contribution in [0.4, 0.5) is 5.69 Å². The van der Waals surface area contributed by atoms with Crippen LogP contribution < -0.4 is 4.74 Å². The van der Waals surface area contributed by atoms with Gasteiger partial charge in [-0.2, -0.15) is 0 Å². The van der Waals surface area contributed by atoms with Crippen LogP contribution in [-0.2, 0) is 4.79 Å². The molecule has 1 aromatic rings. The highest BCUT2D eigenvalue weighted by atomic mass is 16.6. The predicted molar refractivity (Wildman–Crippen MR) is 55.4 cm³/mol. The van der Waals surface area contributed by atoms with Gasteiger partial charge < -0.3 is 9.84 Å². The number of carbonyl (C=O) groups is 1. The number of carboxylic acid groups (broad SMARTS) is 1. The minimum absolute atomic E-state index is 0.0845. The van der Waals surface area contributed by atoms with Crippen molar-refractivity contribution in [2.45, 2.75) is 19.4 Å². The minimum Gasteiger partial charge on any atom is -0.483 e. The van der Waals surface area contributed by atoms with Crippen LogP contribution in [0.5, 0.6) is 5.75 Å². The van der Waals surface area contributed by atoms with Crippen molar-refractivity contribution < 1.29 is 19.6 Å². The smallest absolute Gasteiger partial charge is 0.310 e. The molecule has 0 aromatic heterocycles. The Labute approximate surface area is 91.6 Å². The van der Waals surface area contributed by atoms with Gasteiger partial charge in [-0.05, 0) is 13.0 Å². The summed E-state index contributed by atoms with van der Waals surface area (Å²) in [4.78, 5) is 20.5. The summed E-state index contributed by atoms with van der Waals surface area (Å²) < 4.78 is 5.20. The molecule has 0 saturated carbocycles. The van der Waals surface area contributed by atoms with Gasteiger partial charge in [-0.15, -0.1) is 0 Å². The average molecular weight is 225 g/mol. The Hall–Kier alpha value is -2.11. The van der Waals surface area contributed by atoms with E-state index in [0.717, 1.165) is 0 Å². The first-order chi connectivity index (χ1) is 7.50. The maximum atomic E-state index is 10.6. The Morgan fingerprint density at radius 1 is 1.56 bits per heavy atom. The average Bonchev–Trinajstić information content (AvgIpc) is 2.16. The third-order valence-electron chi connectivity index (χ3n) is 1.85. The van der Waals surface area contributed by atoms with Gasteiger partial charge in [0.1, 0.15) is 6.10 Å². The molecule has 0 aliphatic rings. The van der Waals surface area contributed by atoms with E-state index in [-0.39, 0.29) is 17.9 Å². The Bertz CT molecular complexity index is 404. The summed E-state index contributed by atoms with van der Waals surface area (Å²) in [5, 5.41) is 19.2. The fourth-order valence-electron chi connectivity index (χ4n) is 1.21. The van der Waals surface area contributed by atoms with E-state index in [0.29, 0.717) is 0 Å². The highest BCUT2D eigenvalue weighted by Crippen LogP contribution is 2.27. The first-order valence-electron chi connectivity index (χ1n) is 4.62. The van der Waals surface area contributed by atoms with Crippen LogP contribution in [0.3, 0.4) is 0 Å². The summed E-state index contributed by atoms with van der Waals surface area (Å²) in [5.74, 6) is -0.924. The quantitative estimate of drug-likeness (QED) is 0.609. The van der Waals surface area contributed by atoms with Crippen molar-refractivity contribution in [1.29, 1.82) is 0 Å². The second-order valence-corrected chi connectivity index (χ2v) is 3.25. The molecule has 1 N–H and O–H groups in total. The molecular formula is C10H11NO5. The van der Waals surface area contributed by atoms with Gasteiger partial charge in [0.2, 0.25) is 0 Å². The summed E-state index contributed by atoms with van der Waals surface area (Å²) in [6.07, 6.45) is -0.815. The van der Waals surface area contributed by atoms with Crippen LogP contribution in [-0.4, -0.2) is 22.1 Å². The number of nitro benzene ring substituents is 1. The van der Waals surface area contributed by atoms with Crippen molar-refractivity contribution in [3.63, 3.8) is 0 Å². The maximum absolute atomic E-state index is 10.6. The van der Waals surface area contributed by atoms with Gasteiger partial charge >= 0.3 is 11.7 Å². The van der Waals surface area contributed by atoms with Crippen LogP contribution in [0.25, 0.3) is 0 Å². The van der Waals surface area contributed by atoms with E-state index in [1.54, 1.807) is 13.0 Å². The minimum atomic E-state index is -1.01. The van der Waals surface area contributed by atoms with Crippen molar-refractivity contribution in [2.24, 2.45) is 0 Å². The van der Waals surface area contributed by atoms with Crippen LogP contribution in [0.15, 0.2) is 24.3 Å². The molecule has 6 heteroatoms. The van der Waals surface area contributed by atoms with Crippen molar-refractivity contribution in [3.8, 4) is 5.75 Å². The summed E-state index contributed by atoms with van der Waals surface area (Å²) >= 11 is 0. The molecule has 86 valence electrons. The zero-order valence-electron chi connectivity index (χ0n) is 8.62. The van der Waals surface area contributed by atoms with E-state index in [4.69, 9.17) is 9.84 Å². The zero-order chi connectivity index (χ0) is 12.1. The Balaban J connectivity index is 2.80. The zero-order valence-corrected chi connectivity index (χ0v) is 8.62. The molecule has 1 unspecified atom stereocenters. The number of aliphatic carboxylic acids is 1. The molecule has 0 radical (unpaired) electrons. The largest absolute Gasteiger partial charge is 0.483 e. The molecule has 1 rings (SSSR count). The van der Waals surface area contributed by atoms with E-state index >= 15 is 0 Å². The molecule has 1 atom stereocenters. The Morgan fingerprint density at radius 2 is 2.19 bits per heavy atom. The molecule has 0 fully saturated rings. The summed E-state index contributed by atoms with van der Waals surface area (Å²) in [6, 6.07) is 5.86. The predicted octanol–water partition coefficient (Wildman–Crippen LogP) is 1.84. The molecule has 6 nitrogen and oxygen atoms in total. The number of para-hydroxylation sites is 2. The number of hydrogen-bond donors (Lipinski definition) is 1. The highest BCUT2D eigenvalue weighted by molar-refractivity contribution is 5.67. The van der Waals surface area contributed by atoms with Gasteiger partial charge in [0.25, 0.3) is 0 Å². The number of nitro groups is 1. The van der Waals surface area contributed by atoms with Gasteiger partial charge in [-0.3, -0.25) is 14.9 Å². The van der Waals surface area contributed by atoms with E-state index in [2.05, 4.69) is 0 Å². The molecule has 1 aromatic carbocycles. The van der Waals surface area contributed by atoms with Crippen molar-refractivity contribution in [1.82, 2.24) is 0 Å². The fourth-order valence-corrected chi connectivity index (χ4v) is 1.21. The second-order valence-electron chi connectivity index (χ2n) is 3.25. The van der Waals surface area contributed by atoms with E-state index in [9.17, 15) is 14.9 Å². The molecule has 0 spiro atoms. The molecule has 0 heterocycles. The molecule has 0 bridgehead atoms. The standard InChI is InChI=1S/C10H11NO5/c1-7(6-10(12)13)16-9-5-3-2-4-8(9)11(14)15/h2-5,7H,6H2,1H3,(H,12,13). The third-order valence-corrected chi connectivity index (χ3v) is 1.85. The van der Waals surface area contributed by atoms with Crippen molar-refractivity contribution >= 4 is 11.7 Å². The number of benzene rings is 1. The Morgan fingerprint density at radius 3 is 2.75 bits per heavy atom. The molecule has 0 aliphatic heterocycles. The lowest BCUT2D eigenvalue weighted by Gasteiger charge is -2.12. The van der Waals surface area contributed by atoms with E-state index in [1.165, 1.54) is 18.2 Å². The molecule has 16 heavy (non-hydrogen) atoms. The lowest BCUT2D eigenvalue weighted by atomic mass is 10.2. The number of rotatable bonds is 5. The summed E-state index contributed by atoms with van der Waals surface area (Å²) in [6.45, 7) is 1.55. The molecule has 0 amide bonds. The van der Waals surface area contributed by atoms with Crippen LogP contribution in [0.1, 0.15) is 13.3 Å². The lowest BCUT2D eigenvalue weighted by molar-refractivity contribution is -0.386. The lowest BCUT2D eigenvalue weighted by Crippen LogP contribution is -2.17. The van der Waals surface area contributed by atoms with Gasteiger partial charge in [0.15, 0.2) is 5.75 Å². The summed E-state index contributed by atoms with van der Waals surface area (Å²) in [7, 11) is 0. The van der Waals surface area contributed by atoms with Gasteiger partial charge in [-0.1, -0.05) is 12.1 Å². The van der Waals surface area contributed by atoms with E-state index < -0.39 is 17.0 Å². The Kier molecular flexibility index (Phi) is 3.82. The van der Waals surface area contributed by atoms with Crippen molar-refractivity contribution in [3.05, 3.63) is 34.4 Å². The monoisotopic (exact) mass is 225 g/mol. The normalized spacial score (nSPS) is 11.8. The highest BCUT2D eigenvalue weighted by Gasteiger charge is 2.17. The van der Waals surface area contributed by atoms with Gasteiger partial charge in [-0.25, -0.2) is 0 Å². The third kappa shape index (κ3) is 3.23. The number of nitrogens with zero attached hydrogens (tertiary/aromatic N) is 1. The topological polar surface area (TPSA) is 89.7 Å². The van der Waals surface area contributed by atoms with Crippen LogP contribution in [0, 0.1) is 10.1 Å². The molecule has 0 aliphatic carbocycles. The van der Waals surface area contributed by atoms with E-state index in [1.807, 2.05) is 0 Å². The van der Waals surface area contributed by atoms with Crippen LogP contribution in [0.2, 0.25) is 0 Å². The molecular weight excluding hydrogens is 214 g/mol. The number of hydrogen-bond acceptors (Lipinski definition) is 4. The van der Waals surface area contributed by atoms with Gasteiger partial charge in [0, 0.05) is 6.07 Å². The van der Waals surface area contributed by atoms with Gasteiger partial charge in [0.05, 0.1) is 11.3 Å². The first-order valence-corrected chi connectivity index (χ1v) is 4.62. The summed E-state index contributed by atoms with van der Waals surface area (Å²) in [5.41, 5.74) is -0.167. The second kappa shape index (κ2) is 5.11. The number of carboxylic acids is 1. The SMILES string of the molecule is CC(CC(=O)O)Oc1ccccc1[N+](=O)[O-].